The molecule has 2 aliphatic heterocycles. The van der Waals surface area contributed by atoms with Crippen molar-refractivity contribution < 1.29 is 26.3 Å². The van der Waals surface area contributed by atoms with Gasteiger partial charge in [-0.1, -0.05) is 24.3 Å². The Labute approximate surface area is 226 Å². The number of aromatic nitrogens is 1. The molecule has 0 saturated carbocycles. The van der Waals surface area contributed by atoms with Gasteiger partial charge in [0.15, 0.2) is 0 Å². The van der Waals surface area contributed by atoms with Crippen molar-refractivity contribution in [3.8, 4) is 0 Å². The maximum absolute atomic E-state index is 13.7. The Kier molecular flexibility index (Phi) is 6.99. The normalized spacial score (nSPS) is 19.9. The minimum atomic E-state index is -4.57. The molecule has 1 aromatic heterocycles. The lowest BCUT2D eigenvalue weighted by Gasteiger charge is -2.36. The van der Waals surface area contributed by atoms with Crippen LogP contribution in [0.3, 0.4) is 0 Å². The summed E-state index contributed by atoms with van der Waals surface area (Å²) in [6.07, 6.45) is -7.14. The summed E-state index contributed by atoms with van der Waals surface area (Å²) < 4.78 is 80.5. The number of benzene rings is 2. The minimum absolute atomic E-state index is 0.165. The van der Waals surface area contributed by atoms with Crippen LogP contribution < -0.4 is 21.3 Å². The minimum Gasteiger partial charge on any atom is -0.355 e. The molecular formula is C28H26F6N6. The van der Waals surface area contributed by atoms with E-state index in [0.29, 0.717) is 34.8 Å². The molecule has 6 nitrogen and oxygen atoms in total. The highest BCUT2D eigenvalue weighted by atomic mass is 19.4. The Morgan fingerprint density at radius 1 is 0.900 bits per heavy atom. The first-order valence-corrected chi connectivity index (χ1v) is 12.5. The number of hydrogen-bond acceptors (Lipinski definition) is 6. The van der Waals surface area contributed by atoms with Gasteiger partial charge >= 0.3 is 12.4 Å². The van der Waals surface area contributed by atoms with Crippen molar-refractivity contribution in [2.24, 2.45) is 10.7 Å². The van der Waals surface area contributed by atoms with Crippen LogP contribution in [0.5, 0.6) is 0 Å². The van der Waals surface area contributed by atoms with Gasteiger partial charge < -0.3 is 15.5 Å². The molecule has 12 heteroatoms. The average molecular weight is 561 g/mol. The highest BCUT2D eigenvalue weighted by Crippen LogP contribution is 2.38. The molecule has 2 aliphatic rings. The molecule has 5 rings (SSSR count). The molecule has 1 atom stereocenters. The number of nitrogens with two attached hydrogens (primary N) is 1. The summed E-state index contributed by atoms with van der Waals surface area (Å²) in [6.45, 7) is 2.31. The first kappa shape index (κ1) is 27.5. The summed E-state index contributed by atoms with van der Waals surface area (Å²) in [5.41, 5.74) is 8.44. The number of nitrogens with one attached hydrogen (secondary N) is 2. The van der Waals surface area contributed by atoms with Crippen LogP contribution in [0, 0.1) is 6.92 Å². The fourth-order valence-corrected chi connectivity index (χ4v) is 5.00. The Morgan fingerprint density at radius 3 is 2.27 bits per heavy atom. The molecule has 40 heavy (non-hydrogen) atoms. The van der Waals surface area contributed by atoms with Crippen molar-refractivity contribution in [3.05, 3.63) is 100 Å². The molecule has 1 unspecified atom stereocenters. The van der Waals surface area contributed by atoms with Gasteiger partial charge in [-0.2, -0.15) is 26.3 Å². The molecule has 0 amide bonds. The van der Waals surface area contributed by atoms with Crippen LogP contribution in [0.1, 0.15) is 35.1 Å². The van der Waals surface area contributed by atoms with Gasteiger partial charge in [-0.25, -0.2) is 9.98 Å². The molecule has 2 aromatic carbocycles. The van der Waals surface area contributed by atoms with Gasteiger partial charge in [0, 0.05) is 48.2 Å². The van der Waals surface area contributed by atoms with E-state index < -0.39 is 29.3 Å². The summed E-state index contributed by atoms with van der Waals surface area (Å²) >= 11 is 0. The van der Waals surface area contributed by atoms with Gasteiger partial charge in [0.2, 0.25) is 5.79 Å². The number of amidine groups is 1. The van der Waals surface area contributed by atoms with Crippen molar-refractivity contribution in [2.45, 2.75) is 37.9 Å². The molecule has 0 bridgehead atoms. The van der Waals surface area contributed by atoms with Crippen LogP contribution >= 0.6 is 0 Å². The SMILES string of the molecule is Cc1ccccc1C1(N)N=C(Nc2ccc(C(F)(F)F)cc2)C2=C(CCN(c3ncccc3C(F)(F)F)CC2)N1. The number of halogens is 6. The zero-order valence-electron chi connectivity index (χ0n) is 21.4. The first-order valence-electron chi connectivity index (χ1n) is 12.5. The Hall–Kier alpha value is -4.06. The molecule has 3 aromatic rings. The van der Waals surface area contributed by atoms with Crippen molar-refractivity contribution in [1.82, 2.24) is 10.3 Å². The smallest absolute Gasteiger partial charge is 0.355 e. The van der Waals surface area contributed by atoms with Gasteiger partial charge in [0.05, 0.1) is 11.1 Å². The highest BCUT2D eigenvalue weighted by Gasteiger charge is 2.39. The van der Waals surface area contributed by atoms with Crippen LogP contribution in [0.25, 0.3) is 0 Å². The molecule has 0 radical (unpaired) electrons. The van der Waals surface area contributed by atoms with E-state index in [-0.39, 0.29) is 25.3 Å². The third kappa shape index (κ3) is 5.48. The second-order valence-electron chi connectivity index (χ2n) is 9.68. The van der Waals surface area contributed by atoms with Gasteiger partial charge in [0.25, 0.3) is 0 Å². The third-order valence-corrected chi connectivity index (χ3v) is 6.97. The van der Waals surface area contributed by atoms with Crippen molar-refractivity contribution >= 4 is 17.3 Å². The number of alkyl halides is 6. The molecule has 0 spiro atoms. The van der Waals surface area contributed by atoms with Gasteiger partial charge in [-0.15, -0.1) is 0 Å². The standard InChI is InChI=1S/C28H26F6N6/c1-17-5-2-3-6-21(17)28(35)38-23-13-16-40(25-22(27(32,33)34)7-4-14-36-25)15-12-20(23)24(39-28)37-19-10-8-18(9-11-19)26(29,30)31/h2-11,14,38H,12-13,15-16,35H2,1H3,(H,37,39). The number of anilines is 2. The van der Waals surface area contributed by atoms with Gasteiger partial charge in [-0.05, 0) is 55.3 Å². The molecule has 210 valence electrons. The quantitative estimate of drug-likeness (QED) is 0.334. The third-order valence-electron chi connectivity index (χ3n) is 6.97. The number of aliphatic imine (C=N–C) groups is 1. The lowest BCUT2D eigenvalue weighted by atomic mass is 9.97. The number of rotatable bonds is 3. The maximum atomic E-state index is 13.7. The summed E-state index contributed by atoms with van der Waals surface area (Å²) in [5, 5.41) is 6.41. The summed E-state index contributed by atoms with van der Waals surface area (Å²) in [7, 11) is 0. The number of aryl methyl sites for hydroxylation is 1. The molecule has 3 heterocycles. The van der Waals surface area contributed by atoms with E-state index in [0.717, 1.165) is 23.8 Å². The van der Waals surface area contributed by atoms with Crippen LogP contribution in [0.15, 0.2) is 83.1 Å². The van der Waals surface area contributed by atoms with Crippen molar-refractivity contribution in [3.63, 3.8) is 0 Å². The molecule has 0 saturated heterocycles. The van der Waals surface area contributed by atoms with E-state index in [1.165, 1.54) is 24.4 Å². The molecule has 0 fully saturated rings. The molecule has 4 N–H and O–H groups in total. The van der Waals surface area contributed by atoms with Crippen LogP contribution in [0.4, 0.5) is 37.8 Å². The van der Waals surface area contributed by atoms with Crippen LogP contribution in [0.2, 0.25) is 0 Å². The number of hydrogen-bond donors (Lipinski definition) is 3. The highest BCUT2D eigenvalue weighted by molar-refractivity contribution is 6.09. The lowest BCUT2D eigenvalue weighted by molar-refractivity contribution is -0.138. The Bertz CT molecular complexity index is 1460. The van der Waals surface area contributed by atoms with E-state index in [1.54, 1.807) is 4.90 Å². The van der Waals surface area contributed by atoms with E-state index in [9.17, 15) is 26.3 Å². The second kappa shape index (κ2) is 10.2. The van der Waals surface area contributed by atoms with Crippen molar-refractivity contribution in [1.29, 1.82) is 0 Å². The fraction of sp³-hybridized carbons (Fsp3) is 0.286. The van der Waals surface area contributed by atoms with E-state index in [4.69, 9.17) is 10.7 Å². The van der Waals surface area contributed by atoms with Crippen LogP contribution in [-0.4, -0.2) is 23.9 Å². The number of nitrogens with zero attached hydrogens (tertiary/aromatic N) is 3. The Balaban J connectivity index is 1.50. The van der Waals surface area contributed by atoms with Gasteiger partial charge in [0.1, 0.15) is 11.7 Å². The van der Waals surface area contributed by atoms with E-state index in [2.05, 4.69) is 15.6 Å². The average Bonchev–Trinajstić information content (AvgIpc) is 3.11. The van der Waals surface area contributed by atoms with E-state index >= 15 is 0 Å². The summed E-state index contributed by atoms with van der Waals surface area (Å²) in [6, 6.07) is 14.1. The summed E-state index contributed by atoms with van der Waals surface area (Å²) in [4.78, 5) is 10.4. The predicted octanol–water partition coefficient (Wildman–Crippen LogP) is 6.16. The molecule has 0 aliphatic carbocycles. The fourth-order valence-electron chi connectivity index (χ4n) is 5.00. The monoisotopic (exact) mass is 560 g/mol. The van der Waals surface area contributed by atoms with Crippen molar-refractivity contribution in [2.75, 3.05) is 23.3 Å². The zero-order chi connectivity index (χ0) is 28.7. The lowest BCUT2D eigenvalue weighted by Crippen LogP contribution is -2.53. The predicted molar refractivity (Wildman–Crippen MR) is 140 cm³/mol. The van der Waals surface area contributed by atoms with Crippen LogP contribution in [-0.2, 0) is 18.1 Å². The van der Waals surface area contributed by atoms with Gasteiger partial charge in [-0.3, -0.25) is 5.73 Å². The largest absolute Gasteiger partial charge is 0.419 e. The Morgan fingerprint density at radius 2 is 1.60 bits per heavy atom. The first-order chi connectivity index (χ1) is 18.8. The topological polar surface area (TPSA) is 78.6 Å². The zero-order valence-corrected chi connectivity index (χ0v) is 21.4. The second-order valence-corrected chi connectivity index (χ2v) is 9.68. The summed E-state index contributed by atoms with van der Waals surface area (Å²) in [5.74, 6) is -1.25. The van der Waals surface area contributed by atoms with E-state index in [1.807, 2.05) is 31.2 Å². The molecular weight excluding hydrogens is 534 g/mol. The number of pyridine rings is 1. The maximum Gasteiger partial charge on any atom is 0.419 e.